The van der Waals surface area contributed by atoms with Crippen molar-refractivity contribution in [3.63, 3.8) is 0 Å². The van der Waals surface area contributed by atoms with Crippen molar-refractivity contribution >= 4 is 22.6 Å². The predicted molar refractivity (Wildman–Crippen MR) is 110 cm³/mol. The topological polar surface area (TPSA) is 49.0 Å². The highest BCUT2D eigenvalue weighted by Gasteiger charge is 2.24. The number of benzene rings is 2. The third-order valence-electron chi connectivity index (χ3n) is 5.38. The molecule has 1 N–H and O–H groups in total. The van der Waals surface area contributed by atoms with Gasteiger partial charge in [0.05, 0.1) is 17.1 Å². The normalized spacial score (nSPS) is 16.5. The van der Waals surface area contributed by atoms with Gasteiger partial charge in [-0.3, -0.25) is 9.69 Å². The SMILES string of the molecule is CCc1nc2ccc(C(c3ccc(Cl)cc3)N3CCCCC3)cc2[nH]c1=O. The summed E-state index contributed by atoms with van der Waals surface area (Å²) in [6, 6.07) is 14.5. The summed E-state index contributed by atoms with van der Waals surface area (Å²) >= 11 is 6.11. The lowest BCUT2D eigenvalue weighted by Gasteiger charge is -2.35. The highest BCUT2D eigenvalue weighted by molar-refractivity contribution is 6.30. The van der Waals surface area contributed by atoms with Crippen molar-refractivity contribution in [3.05, 3.63) is 74.7 Å². The molecule has 3 aromatic rings. The molecule has 1 fully saturated rings. The highest BCUT2D eigenvalue weighted by atomic mass is 35.5. The van der Waals surface area contributed by atoms with Crippen LogP contribution in [0.4, 0.5) is 0 Å². The zero-order valence-electron chi connectivity index (χ0n) is 15.5. The first-order valence-corrected chi connectivity index (χ1v) is 10.1. The van der Waals surface area contributed by atoms with Crippen LogP contribution in [0, 0.1) is 0 Å². The van der Waals surface area contributed by atoms with Crippen LogP contribution < -0.4 is 5.56 Å². The standard InChI is InChI=1S/C22H24ClN3O/c1-2-18-22(27)25-20-14-16(8-11-19(20)24-18)21(26-12-4-3-5-13-26)15-6-9-17(23)10-7-15/h6-11,14,21H,2-5,12-13H2,1H3,(H,25,27). The molecule has 0 saturated carbocycles. The number of nitrogens with zero attached hydrogens (tertiary/aromatic N) is 2. The van der Waals surface area contributed by atoms with Gasteiger partial charge < -0.3 is 4.98 Å². The van der Waals surface area contributed by atoms with Crippen LogP contribution in [-0.2, 0) is 6.42 Å². The highest BCUT2D eigenvalue weighted by Crippen LogP contribution is 2.32. The molecule has 1 aliphatic rings. The van der Waals surface area contributed by atoms with E-state index in [1.807, 2.05) is 25.1 Å². The Labute approximate surface area is 164 Å². The first-order chi connectivity index (χ1) is 13.2. The van der Waals surface area contributed by atoms with Crippen molar-refractivity contribution in [2.24, 2.45) is 0 Å². The van der Waals surface area contributed by atoms with Crippen LogP contribution in [-0.4, -0.2) is 28.0 Å². The minimum atomic E-state index is -0.0943. The van der Waals surface area contributed by atoms with Gasteiger partial charge in [0, 0.05) is 5.02 Å². The third kappa shape index (κ3) is 3.78. The number of hydrogen-bond acceptors (Lipinski definition) is 3. The molecule has 2 heterocycles. The van der Waals surface area contributed by atoms with Gasteiger partial charge in [-0.2, -0.15) is 0 Å². The van der Waals surface area contributed by atoms with Crippen LogP contribution in [0.25, 0.3) is 11.0 Å². The van der Waals surface area contributed by atoms with Gasteiger partial charge in [-0.15, -0.1) is 0 Å². The number of aromatic nitrogens is 2. The molecule has 27 heavy (non-hydrogen) atoms. The second-order valence-electron chi connectivity index (χ2n) is 7.19. The van der Waals surface area contributed by atoms with Crippen LogP contribution in [0.1, 0.15) is 49.0 Å². The zero-order chi connectivity index (χ0) is 18.8. The second-order valence-corrected chi connectivity index (χ2v) is 7.63. The molecular weight excluding hydrogens is 358 g/mol. The van der Waals surface area contributed by atoms with E-state index in [-0.39, 0.29) is 11.6 Å². The lowest BCUT2D eigenvalue weighted by atomic mass is 9.94. The number of nitrogens with one attached hydrogen (secondary N) is 1. The summed E-state index contributed by atoms with van der Waals surface area (Å²) in [5, 5.41) is 0.746. The van der Waals surface area contributed by atoms with Gasteiger partial charge in [0.1, 0.15) is 5.69 Å². The lowest BCUT2D eigenvalue weighted by molar-refractivity contribution is 0.187. The number of likely N-dealkylation sites (tertiary alicyclic amines) is 1. The first kappa shape index (κ1) is 18.2. The summed E-state index contributed by atoms with van der Waals surface area (Å²) in [5.41, 5.74) is 4.52. The van der Waals surface area contributed by atoms with E-state index in [4.69, 9.17) is 11.6 Å². The second kappa shape index (κ2) is 7.83. The smallest absolute Gasteiger partial charge is 0.270 e. The Morgan fingerprint density at radius 2 is 1.78 bits per heavy atom. The third-order valence-corrected chi connectivity index (χ3v) is 5.63. The fourth-order valence-corrected chi connectivity index (χ4v) is 4.11. The summed E-state index contributed by atoms with van der Waals surface area (Å²) in [6.45, 7) is 4.11. The van der Waals surface area contributed by atoms with E-state index in [2.05, 4.69) is 39.1 Å². The number of piperidine rings is 1. The fraction of sp³-hybridized carbons (Fsp3) is 0.364. The van der Waals surface area contributed by atoms with Gasteiger partial charge in [-0.25, -0.2) is 4.98 Å². The van der Waals surface area contributed by atoms with Crippen LogP contribution in [0.15, 0.2) is 47.3 Å². The van der Waals surface area contributed by atoms with Crippen molar-refractivity contribution in [1.29, 1.82) is 0 Å². The zero-order valence-corrected chi connectivity index (χ0v) is 16.3. The van der Waals surface area contributed by atoms with Crippen molar-refractivity contribution in [3.8, 4) is 0 Å². The summed E-state index contributed by atoms with van der Waals surface area (Å²) in [5.74, 6) is 0. The minimum absolute atomic E-state index is 0.0943. The quantitative estimate of drug-likeness (QED) is 0.711. The maximum absolute atomic E-state index is 12.2. The Bertz CT molecular complexity index is 991. The van der Waals surface area contributed by atoms with Crippen molar-refractivity contribution in [1.82, 2.24) is 14.9 Å². The maximum Gasteiger partial charge on any atom is 0.270 e. The molecule has 2 aromatic carbocycles. The molecule has 4 rings (SSSR count). The number of fused-ring (bicyclic) bond motifs is 1. The van der Waals surface area contributed by atoms with Crippen LogP contribution in [0.2, 0.25) is 5.02 Å². The number of rotatable bonds is 4. The van der Waals surface area contributed by atoms with E-state index in [9.17, 15) is 4.79 Å². The Balaban J connectivity index is 1.81. The summed E-state index contributed by atoms with van der Waals surface area (Å²) in [6.07, 6.45) is 4.36. The van der Waals surface area contributed by atoms with E-state index in [0.29, 0.717) is 12.1 Å². The first-order valence-electron chi connectivity index (χ1n) is 9.68. The summed E-state index contributed by atoms with van der Waals surface area (Å²) in [4.78, 5) is 22.3. The monoisotopic (exact) mass is 381 g/mol. The van der Waals surface area contributed by atoms with E-state index in [0.717, 1.165) is 29.1 Å². The number of aryl methyl sites for hydroxylation is 1. The molecule has 0 spiro atoms. The molecule has 4 nitrogen and oxygen atoms in total. The molecule has 1 atom stereocenters. The van der Waals surface area contributed by atoms with Crippen LogP contribution >= 0.6 is 11.6 Å². The van der Waals surface area contributed by atoms with Gasteiger partial charge in [0.15, 0.2) is 0 Å². The predicted octanol–water partition coefficient (Wildman–Crippen LogP) is 4.71. The molecule has 1 aliphatic heterocycles. The Morgan fingerprint density at radius 3 is 2.48 bits per heavy atom. The van der Waals surface area contributed by atoms with Crippen molar-refractivity contribution < 1.29 is 0 Å². The Morgan fingerprint density at radius 1 is 1.07 bits per heavy atom. The van der Waals surface area contributed by atoms with Crippen molar-refractivity contribution in [2.75, 3.05) is 13.1 Å². The van der Waals surface area contributed by atoms with Crippen molar-refractivity contribution in [2.45, 2.75) is 38.6 Å². The lowest BCUT2D eigenvalue weighted by Crippen LogP contribution is -2.34. The largest absolute Gasteiger partial charge is 0.319 e. The summed E-state index contributed by atoms with van der Waals surface area (Å²) in [7, 11) is 0. The Hall–Kier alpha value is -2.17. The average molecular weight is 382 g/mol. The molecule has 1 saturated heterocycles. The van der Waals surface area contributed by atoms with E-state index >= 15 is 0 Å². The molecule has 0 radical (unpaired) electrons. The molecule has 0 amide bonds. The molecule has 0 bridgehead atoms. The van der Waals surface area contributed by atoms with Crippen LogP contribution in [0.5, 0.6) is 0 Å². The average Bonchev–Trinajstić information content (AvgIpc) is 2.70. The van der Waals surface area contributed by atoms with E-state index < -0.39 is 0 Å². The molecule has 0 aliphatic carbocycles. The van der Waals surface area contributed by atoms with Gasteiger partial charge in [-0.05, 0) is 67.7 Å². The Kier molecular flexibility index (Phi) is 5.28. The fourth-order valence-electron chi connectivity index (χ4n) is 3.99. The number of hydrogen-bond donors (Lipinski definition) is 1. The maximum atomic E-state index is 12.2. The number of halogens is 1. The van der Waals surface area contributed by atoms with Gasteiger partial charge >= 0.3 is 0 Å². The van der Waals surface area contributed by atoms with E-state index in [1.165, 1.54) is 30.4 Å². The molecular formula is C22H24ClN3O. The molecule has 5 heteroatoms. The van der Waals surface area contributed by atoms with E-state index in [1.54, 1.807) is 0 Å². The summed E-state index contributed by atoms with van der Waals surface area (Å²) < 4.78 is 0. The molecule has 140 valence electrons. The molecule has 1 unspecified atom stereocenters. The van der Waals surface area contributed by atoms with Gasteiger partial charge in [0.25, 0.3) is 5.56 Å². The number of H-pyrrole nitrogens is 1. The van der Waals surface area contributed by atoms with Crippen LogP contribution in [0.3, 0.4) is 0 Å². The van der Waals surface area contributed by atoms with Gasteiger partial charge in [0.2, 0.25) is 0 Å². The van der Waals surface area contributed by atoms with Gasteiger partial charge in [-0.1, -0.05) is 43.1 Å². The number of aromatic amines is 1. The molecule has 1 aromatic heterocycles. The minimum Gasteiger partial charge on any atom is -0.319 e.